The summed E-state index contributed by atoms with van der Waals surface area (Å²) in [5.41, 5.74) is 7.78. The molecule has 0 unspecified atom stereocenters. The monoisotopic (exact) mass is 226 g/mol. The Morgan fingerprint density at radius 1 is 1.06 bits per heavy atom. The number of hydrogen-bond acceptors (Lipinski definition) is 3. The van der Waals surface area contributed by atoms with E-state index in [2.05, 4.69) is 4.99 Å². The summed E-state index contributed by atoms with van der Waals surface area (Å²) >= 11 is 0. The van der Waals surface area contributed by atoms with Gasteiger partial charge in [-0.25, -0.2) is 0 Å². The standard InChI is InChI=1S/C14H14N2O/c15-9-11-5-4-6-12(14(11)17)10-16-13-7-2-1-3-8-13/h1-8,10,17H,9,15H2. The van der Waals surface area contributed by atoms with Crippen LogP contribution in [0.2, 0.25) is 0 Å². The smallest absolute Gasteiger partial charge is 0.128 e. The van der Waals surface area contributed by atoms with Crippen LogP contribution in [0.4, 0.5) is 5.69 Å². The number of para-hydroxylation sites is 2. The molecule has 0 spiro atoms. The number of nitrogens with zero attached hydrogens (tertiary/aromatic N) is 1. The van der Waals surface area contributed by atoms with Crippen LogP contribution in [0.5, 0.6) is 5.75 Å². The maximum atomic E-state index is 9.90. The van der Waals surface area contributed by atoms with E-state index in [1.165, 1.54) is 0 Å². The first-order valence-electron chi connectivity index (χ1n) is 5.41. The van der Waals surface area contributed by atoms with Crippen molar-refractivity contribution in [1.29, 1.82) is 0 Å². The molecular weight excluding hydrogens is 212 g/mol. The van der Waals surface area contributed by atoms with Crippen molar-refractivity contribution in [2.24, 2.45) is 10.7 Å². The van der Waals surface area contributed by atoms with Gasteiger partial charge in [-0.3, -0.25) is 4.99 Å². The fourth-order valence-corrected chi connectivity index (χ4v) is 1.54. The van der Waals surface area contributed by atoms with Crippen molar-refractivity contribution in [2.75, 3.05) is 0 Å². The molecule has 0 aliphatic rings. The van der Waals surface area contributed by atoms with E-state index in [-0.39, 0.29) is 5.75 Å². The van der Waals surface area contributed by atoms with Crippen LogP contribution in [0.15, 0.2) is 53.5 Å². The van der Waals surface area contributed by atoms with Crippen LogP contribution >= 0.6 is 0 Å². The minimum absolute atomic E-state index is 0.203. The van der Waals surface area contributed by atoms with Crippen molar-refractivity contribution >= 4 is 11.9 Å². The van der Waals surface area contributed by atoms with Crippen LogP contribution in [-0.2, 0) is 6.54 Å². The predicted molar refractivity (Wildman–Crippen MR) is 69.7 cm³/mol. The molecule has 0 aromatic heterocycles. The Bertz CT molecular complexity index is 521. The minimum atomic E-state index is 0.203. The average Bonchev–Trinajstić information content (AvgIpc) is 2.39. The van der Waals surface area contributed by atoms with Crippen LogP contribution in [0.1, 0.15) is 11.1 Å². The zero-order chi connectivity index (χ0) is 12.1. The maximum absolute atomic E-state index is 9.90. The highest BCUT2D eigenvalue weighted by molar-refractivity contribution is 5.85. The van der Waals surface area contributed by atoms with Gasteiger partial charge in [0.1, 0.15) is 5.75 Å². The van der Waals surface area contributed by atoms with Gasteiger partial charge in [0.15, 0.2) is 0 Å². The number of hydrogen-bond donors (Lipinski definition) is 2. The Morgan fingerprint density at radius 3 is 2.53 bits per heavy atom. The number of phenolic OH excluding ortho intramolecular Hbond substituents is 1. The number of nitrogens with two attached hydrogens (primary N) is 1. The lowest BCUT2D eigenvalue weighted by Gasteiger charge is -2.03. The molecule has 2 aromatic carbocycles. The molecule has 0 heterocycles. The normalized spacial score (nSPS) is 10.9. The molecular formula is C14H14N2O. The Balaban J connectivity index is 2.28. The van der Waals surface area contributed by atoms with E-state index in [1.54, 1.807) is 18.3 Å². The highest BCUT2D eigenvalue weighted by Crippen LogP contribution is 2.21. The van der Waals surface area contributed by atoms with Gasteiger partial charge in [-0.2, -0.15) is 0 Å². The van der Waals surface area contributed by atoms with Crippen molar-refractivity contribution in [1.82, 2.24) is 0 Å². The second-order valence-electron chi connectivity index (χ2n) is 3.65. The molecule has 2 rings (SSSR count). The molecule has 0 aliphatic heterocycles. The average molecular weight is 226 g/mol. The van der Waals surface area contributed by atoms with Gasteiger partial charge in [0, 0.05) is 23.9 Å². The van der Waals surface area contributed by atoms with Gasteiger partial charge >= 0.3 is 0 Å². The van der Waals surface area contributed by atoms with E-state index in [9.17, 15) is 5.11 Å². The maximum Gasteiger partial charge on any atom is 0.128 e. The van der Waals surface area contributed by atoms with Gasteiger partial charge in [-0.05, 0) is 18.2 Å². The number of benzene rings is 2. The number of aliphatic imine (C=N–C) groups is 1. The fraction of sp³-hybridized carbons (Fsp3) is 0.0714. The van der Waals surface area contributed by atoms with Gasteiger partial charge < -0.3 is 10.8 Å². The highest BCUT2D eigenvalue weighted by atomic mass is 16.3. The molecule has 0 saturated carbocycles. The summed E-state index contributed by atoms with van der Waals surface area (Å²) in [6.07, 6.45) is 1.64. The summed E-state index contributed by atoms with van der Waals surface area (Å²) in [5, 5.41) is 9.90. The number of aromatic hydroxyl groups is 1. The predicted octanol–water partition coefficient (Wildman–Crippen LogP) is 2.60. The molecule has 0 atom stereocenters. The molecule has 2 aromatic rings. The molecule has 3 nitrogen and oxygen atoms in total. The van der Waals surface area contributed by atoms with E-state index in [4.69, 9.17) is 5.73 Å². The molecule has 0 amide bonds. The molecule has 0 aliphatic carbocycles. The second-order valence-corrected chi connectivity index (χ2v) is 3.65. The zero-order valence-electron chi connectivity index (χ0n) is 9.38. The molecule has 0 saturated heterocycles. The zero-order valence-corrected chi connectivity index (χ0v) is 9.38. The molecule has 17 heavy (non-hydrogen) atoms. The van der Waals surface area contributed by atoms with Gasteiger partial charge in [0.25, 0.3) is 0 Å². The van der Waals surface area contributed by atoms with E-state index in [0.29, 0.717) is 12.1 Å². The summed E-state index contributed by atoms with van der Waals surface area (Å²) in [5.74, 6) is 0.203. The quantitative estimate of drug-likeness (QED) is 0.790. The van der Waals surface area contributed by atoms with E-state index in [1.807, 2.05) is 36.4 Å². The van der Waals surface area contributed by atoms with E-state index >= 15 is 0 Å². The molecule has 0 fully saturated rings. The summed E-state index contributed by atoms with van der Waals surface area (Å²) in [4.78, 5) is 4.29. The van der Waals surface area contributed by atoms with Crippen LogP contribution in [0.3, 0.4) is 0 Å². The summed E-state index contributed by atoms with van der Waals surface area (Å²) < 4.78 is 0. The first-order chi connectivity index (χ1) is 8.31. The van der Waals surface area contributed by atoms with Gasteiger partial charge in [0.2, 0.25) is 0 Å². The Hall–Kier alpha value is -2.13. The van der Waals surface area contributed by atoms with Crippen LogP contribution in [-0.4, -0.2) is 11.3 Å². The van der Waals surface area contributed by atoms with E-state index in [0.717, 1.165) is 11.3 Å². The number of rotatable bonds is 3. The lowest BCUT2D eigenvalue weighted by atomic mass is 10.1. The molecule has 0 radical (unpaired) electrons. The van der Waals surface area contributed by atoms with Gasteiger partial charge in [-0.15, -0.1) is 0 Å². The van der Waals surface area contributed by atoms with Gasteiger partial charge in [-0.1, -0.05) is 30.3 Å². The Labute approximate surface area is 100 Å². The molecule has 3 heteroatoms. The first-order valence-corrected chi connectivity index (χ1v) is 5.41. The summed E-state index contributed by atoms with van der Waals surface area (Å²) in [6, 6.07) is 15.0. The largest absolute Gasteiger partial charge is 0.507 e. The van der Waals surface area contributed by atoms with Crippen molar-refractivity contribution in [3.63, 3.8) is 0 Å². The van der Waals surface area contributed by atoms with Crippen LogP contribution in [0.25, 0.3) is 0 Å². The first kappa shape index (κ1) is 11.4. The van der Waals surface area contributed by atoms with Gasteiger partial charge in [0.05, 0.1) is 5.69 Å². The topological polar surface area (TPSA) is 58.6 Å². The SMILES string of the molecule is NCc1cccc(C=Nc2ccccc2)c1O. The van der Waals surface area contributed by atoms with Crippen molar-refractivity contribution in [2.45, 2.75) is 6.54 Å². The third kappa shape index (κ3) is 2.71. The lowest BCUT2D eigenvalue weighted by molar-refractivity contribution is 0.467. The minimum Gasteiger partial charge on any atom is -0.507 e. The summed E-state index contributed by atoms with van der Waals surface area (Å²) in [6.45, 7) is 0.318. The van der Waals surface area contributed by atoms with E-state index < -0.39 is 0 Å². The number of phenols is 1. The van der Waals surface area contributed by atoms with Crippen molar-refractivity contribution in [3.8, 4) is 5.75 Å². The molecule has 0 bridgehead atoms. The summed E-state index contributed by atoms with van der Waals surface area (Å²) in [7, 11) is 0. The van der Waals surface area contributed by atoms with Crippen molar-refractivity contribution < 1.29 is 5.11 Å². The van der Waals surface area contributed by atoms with Crippen LogP contribution in [0, 0.1) is 0 Å². The fourth-order valence-electron chi connectivity index (χ4n) is 1.54. The lowest BCUT2D eigenvalue weighted by Crippen LogP contribution is -1.98. The molecule has 3 N–H and O–H groups in total. The molecule has 86 valence electrons. The second kappa shape index (κ2) is 5.27. The highest BCUT2D eigenvalue weighted by Gasteiger charge is 2.02. The Kier molecular flexibility index (Phi) is 3.52. The van der Waals surface area contributed by atoms with Crippen LogP contribution < -0.4 is 5.73 Å². The van der Waals surface area contributed by atoms with Crippen molar-refractivity contribution in [3.05, 3.63) is 59.7 Å². The third-order valence-electron chi connectivity index (χ3n) is 2.48. The Morgan fingerprint density at radius 2 is 1.82 bits per heavy atom. The third-order valence-corrected chi connectivity index (χ3v) is 2.48.